The average Bonchev–Trinajstić information content (AvgIpc) is 3.50. The van der Waals surface area contributed by atoms with Crippen LogP contribution in [0.1, 0.15) is 25.3 Å². The summed E-state index contributed by atoms with van der Waals surface area (Å²) in [4.78, 5) is 16.5. The SMILES string of the molecule is C[C@H](NC(=O)CSc1nnc(-c2cccnc2)n1Cc1ccccc1)C1CC1. The molecule has 1 aliphatic carbocycles. The van der Waals surface area contributed by atoms with E-state index in [4.69, 9.17) is 0 Å². The van der Waals surface area contributed by atoms with Crippen LogP contribution < -0.4 is 5.32 Å². The fourth-order valence-electron chi connectivity index (χ4n) is 3.15. The van der Waals surface area contributed by atoms with Crippen molar-refractivity contribution >= 4 is 17.7 Å². The van der Waals surface area contributed by atoms with E-state index in [0.717, 1.165) is 22.1 Å². The summed E-state index contributed by atoms with van der Waals surface area (Å²) < 4.78 is 2.05. The molecule has 6 nitrogen and oxygen atoms in total. The summed E-state index contributed by atoms with van der Waals surface area (Å²) in [6.07, 6.45) is 5.95. The molecule has 0 saturated heterocycles. The van der Waals surface area contributed by atoms with Gasteiger partial charge in [0.25, 0.3) is 0 Å². The maximum atomic E-state index is 12.3. The van der Waals surface area contributed by atoms with Crippen LogP contribution in [-0.2, 0) is 11.3 Å². The lowest BCUT2D eigenvalue weighted by Gasteiger charge is -2.13. The summed E-state index contributed by atoms with van der Waals surface area (Å²) in [5.41, 5.74) is 2.06. The van der Waals surface area contributed by atoms with Gasteiger partial charge in [0.05, 0.1) is 12.3 Å². The number of carbonyl (C=O) groups excluding carboxylic acids is 1. The van der Waals surface area contributed by atoms with Crippen molar-refractivity contribution < 1.29 is 4.79 Å². The number of carbonyl (C=O) groups is 1. The first-order chi connectivity index (χ1) is 13.7. The predicted octanol–water partition coefficient (Wildman–Crippen LogP) is 3.40. The van der Waals surface area contributed by atoms with Gasteiger partial charge in [0, 0.05) is 24.0 Å². The number of nitrogens with zero attached hydrogens (tertiary/aromatic N) is 4. The molecule has 0 radical (unpaired) electrons. The molecule has 1 aromatic carbocycles. The van der Waals surface area contributed by atoms with Crippen LogP contribution in [0.3, 0.4) is 0 Å². The molecule has 0 unspecified atom stereocenters. The van der Waals surface area contributed by atoms with Crippen molar-refractivity contribution in [2.45, 2.75) is 37.5 Å². The number of thioether (sulfide) groups is 1. The van der Waals surface area contributed by atoms with Gasteiger partial charge in [0.2, 0.25) is 5.91 Å². The fraction of sp³-hybridized carbons (Fsp3) is 0.333. The van der Waals surface area contributed by atoms with E-state index in [2.05, 4.69) is 44.1 Å². The first-order valence-electron chi connectivity index (χ1n) is 9.50. The molecule has 1 atom stereocenters. The van der Waals surface area contributed by atoms with Crippen molar-refractivity contribution in [2.75, 3.05) is 5.75 Å². The van der Waals surface area contributed by atoms with Gasteiger partial charge in [0.15, 0.2) is 11.0 Å². The summed E-state index contributed by atoms with van der Waals surface area (Å²) in [5.74, 6) is 1.78. The second-order valence-electron chi connectivity index (χ2n) is 7.10. The lowest BCUT2D eigenvalue weighted by atomic mass is 10.2. The van der Waals surface area contributed by atoms with Crippen LogP contribution in [0.15, 0.2) is 60.0 Å². The van der Waals surface area contributed by atoms with Gasteiger partial charge in [-0.25, -0.2) is 0 Å². The molecule has 0 spiro atoms. The molecule has 1 amide bonds. The fourth-order valence-corrected chi connectivity index (χ4v) is 3.90. The second kappa shape index (κ2) is 8.56. The van der Waals surface area contributed by atoms with Crippen molar-refractivity contribution in [3.63, 3.8) is 0 Å². The van der Waals surface area contributed by atoms with Crippen molar-refractivity contribution in [3.8, 4) is 11.4 Å². The number of hydrogen-bond donors (Lipinski definition) is 1. The highest BCUT2D eigenvalue weighted by Gasteiger charge is 2.29. The van der Waals surface area contributed by atoms with Crippen molar-refractivity contribution in [2.24, 2.45) is 5.92 Å². The normalized spacial score (nSPS) is 14.6. The third-order valence-corrected chi connectivity index (χ3v) is 5.84. The smallest absolute Gasteiger partial charge is 0.230 e. The highest BCUT2D eigenvalue weighted by atomic mass is 32.2. The molecule has 4 rings (SSSR count). The van der Waals surface area contributed by atoms with E-state index in [1.165, 1.54) is 24.6 Å². The van der Waals surface area contributed by atoms with E-state index < -0.39 is 0 Å². The standard InChI is InChI=1S/C21H23N5OS/c1-15(17-9-10-17)23-19(27)14-28-21-25-24-20(18-8-5-11-22-12-18)26(21)13-16-6-3-2-4-7-16/h2-8,11-12,15,17H,9-10,13-14H2,1H3,(H,23,27)/t15-/m0/s1. The maximum absolute atomic E-state index is 12.3. The summed E-state index contributed by atoms with van der Waals surface area (Å²) in [7, 11) is 0. The van der Waals surface area contributed by atoms with Crippen LogP contribution in [-0.4, -0.2) is 37.5 Å². The lowest BCUT2D eigenvalue weighted by molar-refractivity contribution is -0.119. The first-order valence-corrected chi connectivity index (χ1v) is 10.5. The summed E-state index contributed by atoms with van der Waals surface area (Å²) in [5, 5.41) is 12.6. The van der Waals surface area contributed by atoms with E-state index >= 15 is 0 Å². The van der Waals surface area contributed by atoms with Gasteiger partial charge in [-0.3, -0.25) is 14.3 Å². The number of benzene rings is 1. The van der Waals surface area contributed by atoms with E-state index in [1.54, 1.807) is 12.4 Å². The second-order valence-corrected chi connectivity index (χ2v) is 8.04. The minimum absolute atomic E-state index is 0.0431. The zero-order valence-corrected chi connectivity index (χ0v) is 16.6. The van der Waals surface area contributed by atoms with Gasteiger partial charge in [0.1, 0.15) is 0 Å². The van der Waals surface area contributed by atoms with E-state index in [-0.39, 0.29) is 11.9 Å². The molecule has 3 aromatic rings. The summed E-state index contributed by atoms with van der Waals surface area (Å²) >= 11 is 1.42. The third-order valence-electron chi connectivity index (χ3n) is 4.87. The van der Waals surface area contributed by atoms with Gasteiger partial charge in [-0.15, -0.1) is 10.2 Å². The lowest BCUT2D eigenvalue weighted by Crippen LogP contribution is -2.35. The number of nitrogens with one attached hydrogen (secondary N) is 1. The van der Waals surface area contributed by atoms with Crippen LogP contribution in [0.2, 0.25) is 0 Å². The maximum Gasteiger partial charge on any atom is 0.230 e. The van der Waals surface area contributed by atoms with E-state index in [0.29, 0.717) is 18.2 Å². The monoisotopic (exact) mass is 393 g/mol. The topological polar surface area (TPSA) is 72.7 Å². The van der Waals surface area contributed by atoms with Crippen LogP contribution in [0.25, 0.3) is 11.4 Å². The van der Waals surface area contributed by atoms with Crippen LogP contribution in [0.5, 0.6) is 0 Å². The van der Waals surface area contributed by atoms with Gasteiger partial charge < -0.3 is 5.32 Å². The van der Waals surface area contributed by atoms with Gasteiger partial charge in [-0.1, -0.05) is 42.1 Å². The van der Waals surface area contributed by atoms with Crippen molar-refractivity contribution in [1.82, 2.24) is 25.1 Å². The van der Waals surface area contributed by atoms with Gasteiger partial charge in [-0.2, -0.15) is 0 Å². The summed E-state index contributed by atoms with van der Waals surface area (Å²) in [6, 6.07) is 14.3. The highest BCUT2D eigenvalue weighted by Crippen LogP contribution is 2.32. The molecule has 0 bridgehead atoms. The van der Waals surface area contributed by atoms with Crippen LogP contribution in [0, 0.1) is 5.92 Å². The number of pyridine rings is 1. The minimum Gasteiger partial charge on any atom is -0.353 e. The van der Waals surface area contributed by atoms with E-state index in [9.17, 15) is 4.79 Å². The van der Waals surface area contributed by atoms with Crippen molar-refractivity contribution in [1.29, 1.82) is 0 Å². The zero-order valence-electron chi connectivity index (χ0n) is 15.8. The number of amides is 1. The number of rotatable bonds is 8. The molecular weight excluding hydrogens is 370 g/mol. The van der Waals surface area contributed by atoms with E-state index in [1.807, 2.05) is 30.3 Å². The number of hydrogen-bond acceptors (Lipinski definition) is 5. The molecule has 1 fully saturated rings. The molecule has 7 heteroatoms. The minimum atomic E-state index is 0.0431. The molecule has 1 N–H and O–H groups in total. The molecule has 1 aliphatic rings. The van der Waals surface area contributed by atoms with Crippen LogP contribution >= 0.6 is 11.8 Å². The Morgan fingerprint density at radius 3 is 2.75 bits per heavy atom. The molecule has 0 aliphatic heterocycles. The largest absolute Gasteiger partial charge is 0.353 e. The van der Waals surface area contributed by atoms with Gasteiger partial charge in [-0.05, 0) is 43.4 Å². The quantitative estimate of drug-likeness (QED) is 0.594. The van der Waals surface area contributed by atoms with Crippen LogP contribution in [0.4, 0.5) is 0 Å². The molecule has 2 heterocycles. The molecule has 144 valence electrons. The molecule has 28 heavy (non-hydrogen) atoms. The Kier molecular flexibility index (Phi) is 5.71. The average molecular weight is 394 g/mol. The first kappa shape index (κ1) is 18.7. The Labute approximate surface area is 168 Å². The molecule has 2 aromatic heterocycles. The Morgan fingerprint density at radius 1 is 1.21 bits per heavy atom. The Hall–Kier alpha value is -2.67. The third kappa shape index (κ3) is 4.59. The van der Waals surface area contributed by atoms with Crippen molar-refractivity contribution in [3.05, 3.63) is 60.4 Å². The Balaban J connectivity index is 1.52. The van der Waals surface area contributed by atoms with Gasteiger partial charge >= 0.3 is 0 Å². The summed E-state index contributed by atoms with van der Waals surface area (Å²) in [6.45, 7) is 2.72. The Morgan fingerprint density at radius 2 is 2.04 bits per heavy atom. The number of aromatic nitrogens is 4. The zero-order chi connectivity index (χ0) is 19.3. The predicted molar refractivity (Wildman–Crippen MR) is 110 cm³/mol. The molecular formula is C21H23N5OS. The Bertz CT molecular complexity index is 924. The molecule has 1 saturated carbocycles. The highest BCUT2D eigenvalue weighted by molar-refractivity contribution is 7.99.